The van der Waals surface area contributed by atoms with Gasteiger partial charge in [-0.05, 0) is 62.2 Å². The highest BCUT2D eigenvalue weighted by Crippen LogP contribution is 2.34. The van der Waals surface area contributed by atoms with Gasteiger partial charge < -0.3 is 4.74 Å². The van der Waals surface area contributed by atoms with E-state index in [0.717, 1.165) is 22.6 Å². The summed E-state index contributed by atoms with van der Waals surface area (Å²) in [6.45, 7) is 6.06. The molecule has 0 saturated heterocycles. The molecule has 0 spiro atoms. The second kappa shape index (κ2) is 10.6. The smallest absolute Gasteiger partial charge is 0.271 e. The van der Waals surface area contributed by atoms with E-state index < -0.39 is 11.8 Å². The SMILES string of the molecule is CCCOc1ccc(-c2nn(-c3ccccc3)cc2/C=C2/C(=O)N(CC)C(=O)C(C#N)=C2C)cc1Cl. The number of ether oxygens (including phenoxy) is 1. The molecule has 2 heterocycles. The molecule has 1 aliphatic heterocycles. The summed E-state index contributed by atoms with van der Waals surface area (Å²) < 4.78 is 7.42. The third-order valence-corrected chi connectivity index (χ3v) is 6.17. The first-order valence-corrected chi connectivity index (χ1v) is 12.0. The van der Waals surface area contributed by atoms with Crippen molar-refractivity contribution < 1.29 is 14.3 Å². The summed E-state index contributed by atoms with van der Waals surface area (Å²) in [5.74, 6) is -0.435. The monoisotopic (exact) mass is 500 g/mol. The average molecular weight is 501 g/mol. The van der Waals surface area contributed by atoms with E-state index >= 15 is 0 Å². The standard InChI is InChI=1S/C28H25ClN4O3/c1-4-13-36-25-12-11-19(15-24(25)29)26-20(17-33(31-26)21-9-7-6-8-10-21)14-22-18(3)23(16-30)28(35)32(5-2)27(22)34/h6-12,14-15,17H,4-5,13H2,1-3H3/b22-14+. The molecule has 0 aliphatic carbocycles. The first-order chi connectivity index (χ1) is 17.4. The molecule has 2 amide bonds. The molecule has 3 aromatic rings. The Morgan fingerprint density at radius 1 is 1.11 bits per heavy atom. The van der Waals surface area contributed by atoms with E-state index in [2.05, 4.69) is 0 Å². The largest absolute Gasteiger partial charge is 0.492 e. The maximum absolute atomic E-state index is 13.2. The van der Waals surface area contributed by atoms with Crippen LogP contribution in [0.2, 0.25) is 5.02 Å². The lowest BCUT2D eigenvalue weighted by atomic mass is 9.93. The van der Waals surface area contributed by atoms with Crippen molar-refractivity contribution in [2.75, 3.05) is 13.2 Å². The third kappa shape index (κ3) is 4.68. The predicted octanol–water partition coefficient (Wildman–Crippen LogP) is 5.59. The lowest BCUT2D eigenvalue weighted by molar-refractivity contribution is -0.140. The van der Waals surface area contributed by atoms with Crippen LogP contribution in [0.25, 0.3) is 23.0 Å². The number of amides is 2. The highest BCUT2D eigenvalue weighted by Gasteiger charge is 2.34. The van der Waals surface area contributed by atoms with Crippen LogP contribution >= 0.6 is 11.6 Å². The summed E-state index contributed by atoms with van der Waals surface area (Å²) in [6, 6.07) is 17.0. The number of nitriles is 1. The molecule has 0 unspecified atom stereocenters. The fraction of sp³-hybridized carbons (Fsp3) is 0.214. The van der Waals surface area contributed by atoms with Gasteiger partial charge in [-0.1, -0.05) is 36.7 Å². The predicted molar refractivity (Wildman–Crippen MR) is 138 cm³/mol. The molecule has 0 atom stereocenters. The number of aromatic nitrogens is 2. The number of para-hydroxylation sites is 1. The van der Waals surface area contributed by atoms with Gasteiger partial charge in [-0.2, -0.15) is 10.4 Å². The number of likely N-dealkylation sites (N-methyl/N-ethyl adjacent to an activating group) is 1. The van der Waals surface area contributed by atoms with Crippen molar-refractivity contribution in [1.29, 1.82) is 5.26 Å². The van der Waals surface area contributed by atoms with Gasteiger partial charge in [0, 0.05) is 29.4 Å². The minimum absolute atomic E-state index is 0.0415. The lowest BCUT2D eigenvalue weighted by Crippen LogP contribution is -2.42. The van der Waals surface area contributed by atoms with Crippen molar-refractivity contribution in [3.05, 3.63) is 82.0 Å². The van der Waals surface area contributed by atoms with Crippen LogP contribution in [-0.2, 0) is 9.59 Å². The Hall–Kier alpha value is -4.15. The van der Waals surface area contributed by atoms with Crippen molar-refractivity contribution >= 4 is 29.5 Å². The van der Waals surface area contributed by atoms with Crippen LogP contribution in [0.1, 0.15) is 32.8 Å². The molecule has 8 heteroatoms. The van der Waals surface area contributed by atoms with Crippen LogP contribution in [-0.4, -0.2) is 39.6 Å². The summed E-state index contributed by atoms with van der Waals surface area (Å²) in [7, 11) is 0. The fourth-order valence-corrected chi connectivity index (χ4v) is 4.21. The Morgan fingerprint density at radius 2 is 1.86 bits per heavy atom. The molecule has 4 rings (SSSR count). The molecule has 0 fully saturated rings. The summed E-state index contributed by atoms with van der Waals surface area (Å²) in [5.41, 5.74) is 3.38. The molecule has 0 saturated carbocycles. The van der Waals surface area contributed by atoms with Gasteiger partial charge in [0.15, 0.2) is 0 Å². The molecular weight excluding hydrogens is 476 g/mol. The normalized spacial score (nSPS) is 15.0. The van der Waals surface area contributed by atoms with Crippen molar-refractivity contribution in [2.45, 2.75) is 27.2 Å². The van der Waals surface area contributed by atoms with Crippen LogP contribution in [0.4, 0.5) is 0 Å². The fourth-order valence-electron chi connectivity index (χ4n) is 3.98. The van der Waals surface area contributed by atoms with Gasteiger partial charge in [0.05, 0.1) is 17.3 Å². The second-order valence-electron chi connectivity index (χ2n) is 8.23. The van der Waals surface area contributed by atoms with E-state index in [9.17, 15) is 14.9 Å². The van der Waals surface area contributed by atoms with Gasteiger partial charge in [0.25, 0.3) is 11.8 Å². The third-order valence-electron chi connectivity index (χ3n) is 5.87. The number of halogens is 1. The molecular formula is C28H25ClN4O3. The number of rotatable bonds is 7. The summed E-state index contributed by atoms with van der Waals surface area (Å²) in [4.78, 5) is 26.9. The number of benzene rings is 2. The summed E-state index contributed by atoms with van der Waals surface area (Å²) in [5, 5.41) is 14.8. The Kier molecular flexibility index (Phi) is 7.37. The van der Waals surface area contributed by atoms with E-state index in [0.29, 0.717) is 34.2 Å². The summed E-state index contributed by atoms with van der Waals surface area (Å²) in [6.07, 6.45) is 4.35. The van der Waals surface area contributed by atoms with E-state index in [1.165, 1.54) is 0 Å². The first kappa shape index (κ1) is 25.0. The minimum atomic E-state index is -0.575. The zero-order chi connectivity index (χ0) is 25.8. The van der Waals surface area contributed by atoms with E-state index in [4.69, 9.17) is 21.4 Å². The second-order valence-corrected chi connectivity index (χ2v) is 8.64. The molecule has 0 radical (unpaired) electrons. The zero-order valence-electron chi connectivity index (χ0n) is 20.3. The van der Waals surface area contributed by atoms with Crippen molar-refractivity contribution in [3.8, 4) is 28.8 Å². The maximum Gasteiger partial charge on any atom is 0.271 e. The van der Waals surface area contributed by atoms with E-state index in [-0.39, 0.29) is 17.7 Å². The highest BCUT2D eigenvalue weighted by molar-refractivity contribution is 6.32. The topological polar surface area (TPSA) is 88.2 Å². The Bertz CT molecular complexity index is 1430. The van der Waals surface area contributed by atoms with Gasteiger partial charge in [-0.15, -0.1) is 0 Å². The molecule has 0 N–H and O–H groups in total. The number of hydrogen-bond acceptors (Lipinski definition) is 5. The number of carbonyl (C=O) groups excluding carboxylic acids is 2. The van der Waals surface area contributed by atoms with E-state index in [1.807, 2.05) is 55.6 Å². The van der Waals surface area contributed by atoms with Crippen LogP contribution in [0.15, 0.2) is 71.4 Å². The Labute approximate surface area is 214 Å². The molecule has 1 aromatic heterocycles. The van der Waals surface area contributed by atoms with Crippen molar-refractivity contribution in [2.24, 2.45) is 0 Å². The maximum atomic E-state index is 13.2. The quantitative estimate of drug-likeness (QED) is 0.311. The zero-order valence-corrected chi connectivity index (χ0v) is 21.0. The number of hydrogen-bond donors (Lipinski definition) is 0. The van der Waals surface area contributed by atoms with Crippen LogP contribution < -0.4 is 4.74 Å². The van der Waals surface area contributed by atoms with Gasteiger partial charge >= 0.3 is 0 Å². The van der Waals surface area contributed by atoms with Gasteiger partial charge in [0.2, 0.25) is 0 Å². The molecule has 36 heavy (non-hydrogen) atoms. The van der Waals surface area contributed by atoms with Crippen molar-refractivity contribution in [3.63, 3.8) is 0 Å². The van der Waals surface area contributed by atoms with Gasteiger partial charge in [-0.25, -0.2) is 4.68 Å². The van der Waals surface area contributed by atoms with Gasteiger partial charge in [-0.3, -0.25) is 14.5 Å². The molecule has 0 bridgehead atoms. The molecule has 2 aromatic carbocycles. The lowest BCUT2D eigenvalue weighted by Gasteiger charge is -2.26. The molecule has 182 valence electrons. The van der Waals surface area contributed by atoms with Crippen molar-refractivity contribution in [1.82, 2.24) is 14.7 Å². The summed E-state index contributed by atoms with van der Waals surface area (Å²) >= 11 is 6.50. The Morgan fingerprint density at radius 3 is 2.50 bits per heavy atom. The van der Waals surface area contributed by atoms with Crippen LogP contribution in [0.3, 0.4) is 0 Å². The van der Waals surface area contributed by atoms with Crippen LogP contribution in [0, 0.1) is 11.3 Å². The van der Waals surface area contributed by atoms with Crippen LogP contribution in [0.5, 0.6) is 5.75 Å². The number of nitrogens with zero attached hydrogens (tertiary/aromatic N) is 4. The molecule has 1 aliphatic rings. The minimum Gasteiger partial charge on any atom is -0.492 e. The average Bonchev–Trinajstić information content (AvgIpc) is 3.31. The number of imide groups is 1. The van der Waals surface area contributed by atoms with E-state index in [1.54, 1.807) is 36.7 Å². The Balaban J connectivity index is 1.89. The number of carbonyl (C=O) groups is 2. The molecule has 7 nitrogen and oxygen atoms in total. The highest BCUT2D eigenvalue weighted by atomic mass is 35.5. The first-order valence-electron chi connectivity index (χ1n) is 11.7. The van der Waals surface area contributed by atoms with Gasteiger partial charge in [0.1, 0.15) is 23.1 Å².